The van der Waals surface area contributed by atoms with Gasteiger partial charge in [-0.3, -0.25) is 9.59 Å². The first kappa shape index (κ1) is 90.9. The number of alkyl carbamates (subject to hydrolysis) is 3. The zero-order valence-corrected chi connectivity index (χ0v) is 56.0. The van der Waals surface area contributed by atoms with Crippen LogP contribution in [0.25, 0.3) is 0 Å². The second-order valence-electron chi connectivity index (χ2n) is 27.4. The van der Waals surface area contributed by atoms with Gasteiger partial charge >= 0.3 is 42.2 Å². The smallest absolute Gasteiger partial charge is 0.408 e. The number of hydrogen-bond donors (Lipinski definition) is 7. The molecule has 0 aromatic heterocycles. The minimum Gasteiger partial charge on any atom is -0.480 e. The van der Waals surface area contributed by atoms with E-state index in [4.69, 9.17) is 34.5 Å². The summed E-state index contributed by atoms with van der Waals surface area (Å²) in [5.41, 5.74) is 3.55. The maximum atomic E-state index is 12.7. The number of carbonyl (C=O) groups is 9. The molecule has 0 aliphatic rings. The number of methoxy groups -OCH3 is 3. The number of nitrogens with one attached hydrogen (secondary N) is 5. The molecule has 0 heterocycles. The molecule has 8 N–H and O–H groups in total. The van der Waals surface area contributed by atoms with E-state index < -0.39 is 101 Å². The molecule has 0 aliphatic carbocycles. The molecule has 24 heteroatoms. The predicted octanol–water partition coefficient (Wildman–Crippen LogP) is 10.5. The average Bonchev–Trinajstić information content (AvgIpc) is 3.20. The van der Waals surface area contributed by atoms with Gasteiger partial charge in [-0.15, -0.1) is 24.8 Å². The van der Waals surface area contributed by atoms with E-state index in [1.807, 2.05) is 104 Å². The van der Waals surface area contributed by atoms with Crippen molar-refractivity contribution in [3.8, 4) is 0 Å². The highest BCUT2D eigenvalue weighted by atomic mass is 35.5. The Balaban J connectivity index is -0.000000184. The Morgan fingerprint density at radius 2 is 0.622 bits per heavy atom. The first-order chi connectivity index (χ1) is 35.3. The van der Waals surface area contributed by atoms with Gasteiger partial charge in [0, 0.05) is 0 Å². The SMILES string of the molecule is C.CC(C)(C)C[C@H](NC(=O)OC(C)(C)C)C(=O)O.COC(=O)[C@H](CC(C)C)NC(=O)OC(C)(C)C.COC(=O)[C@H](CC(C)C)NC(=O)[C@@H](N)CC(C)(C)C.COC(=O)[C@H](CC(C)C)NC(=O)[C@H](CC(C)(C)C)NC(=O)OC(C)(C)C.Cl.Cl. The van der Waals surface area contributed by atoms with E-state index in [1.54, 1.807) is 62.3 Å². The van der Waals surface area contributed by atoms with Gasteiger partial charge in [-0.2, -0.15) is 0 Å². The monoisotopic (exact) mass is 1220 g/mol. The van der Waals surface area contributed by atoms with Crippen molar-refractivity contribution in [3.63, 3.8) is 0 Å². The van der Waals surface area contributed by atoms with Crippen molar-refractivity contribution >= 4 is 78.8 Å². The zero-order valence-electron chi connectivity index (χ0n) is 54.4. The van der Waals surface area contributed by atoms with E-state index in [-0.39, 0.29) is 72.1 Å². The van der Waals surface area contributed by atoms with E-state index in [0.717, 1.165) is 0 Å². The van der Waals surface area contributed by atoms with Crippen LogP contribution in [-0.2, 0) is 57.2 Å². The molecule has 22 nitrogen and oxygen atoms in total. The summed E-state index contributed by atoms with van der Waals surface area (Å²) in [7, 11) is 3.90. The summed E-state index contributed by atoms with van der Waals surface area (Å²) < 4.78 is 29.5. The number of aliphatic carboxylic acids is 1. The van der Waals surface area contributed by atoms with Crippen LogP contribution in [0.5, 0.6) is 0 Å². The Morgan fingerprint density at radius 3 is 0.854 bits per heavy atom. The van der Waals surface area contributed by atoms with Crippen LogP contribution in [0, 0.1) is 34.0 Å². The summed E-state index contributed by atoms with van der Waals surface area (Å²) in [6.07, 6.45) is 0.853. The number of rotatable bonds is 20. The fourth-order valence-corrected chi connectivity index (χ4v) is 6.77. The van der Waals surface area contributed by atoms with Gasteiger partial charge in [-0.25, -0.2) is 33.6 Å². The Morgan fingerprint density at radius 1 is 0.390 bits per heavy atom. The molecule has 0 fully saturated rings. The van der Waals surface area contributed by atoms with E-state index in [9.17, 15) is 43.2 Å². The van der Waals surface area contributed by atoms with Crippen LogP contribution in [0.4, 0.5) is 14.4 Å². The molecule has 0 unspecified atom stereocenters. The number of carbonyl (C=O) groups excluding carboxylic acids is 8. The van der Waals surface area contributed by atoms with Gasteiger partial charge in [0.2, 0.25) is 11.8 Å². The lowest BCUT2D eigenvalue weighted by atomic mass is 9.87. The third-order valence-electron chi connectivity index (χ3n) is 9.70. The van der Waals surface area contributed by atoms with Crippen LogP contribution >= 0.6 is 24.8 Å². The van der Waals surface area contributed by atoms with E-state index in [1.165, 1.54) is 21.3 Å². The van der Waals surface area contributed by atoms with Crippen molar-refractivity contribution in [2.75, 3.05) is 21.3 Å². The van der Waals surface area contributed by atoms with E-state index in [0.29, 0.717) is 38.5 Å². The van der Waals surface area contributed by atoms with Crippen LogP contribution < -0.4 is 32.3 Å². The van der Waals surface area contributed by atoms with Gasteiger partial charge in [-0.1, -0.05) is 111 Å². The summed E-state index contributed by atoms with van der Waals surface area (Å²) in [5, 5.41) is 21.9. The quantitative estimate of drug-likeness (QED) is 0.0440. The van der Waals surface area contributed by atoms with Gasteiger partial charge in [-0.05, 0) is 135 Å². The number of esters is 3. The third kappa shape index (κ3) is 54.4. The van der Waals surface area contributed by atoms with Crippen LogP contribution in [0.3, 0.4) is 0 Å². The van der Waals surface area contributed by atoms with E-state index in [2.05, 4.69) is 31.3 Å². The lowest BCUT2D eigenvalue weighted by Crippen LogP contribution is -2.53. The van der Waals surface area contributed by atoms with Crippen molar-refractivity contribution in [2.24, 2.45) is 39.7 Å². The first-order valence-electron chi connectivity index (χ1n) is 27.1. The number of ether oxygens (including phenoxy) is 6. The molecule has 0 spiro atoms. The minimum absolute atomic E-state index is 0. The number of nitrogens with two attached hydrogens (primary N) is 1. The molecule has 6 atom stereocenters. The Hall–Kier alpha value is -4.83. The van der Waals surface area contributed by atoms with Crippen LogP contribution in [0.15, 0.2) is 0 Å². The zero-order chi connectivity index (χ0) is 63.4. The normalized spacial score (nSPS) is 13.6. The van der Waals surface area contributed by atoms with E-state index >= 15 is 0 Å². The molecule has 0 saturated carbocycles. The summed E-state index contributed by atoms with van der Waals surface area (Å²) in [6, 6.07) is -4.39. The van der Waals surface area contributed by atoms with Crippen molar-refractivity contribution in [1.82, 2.24) is 26.6 Å². The van der Waals surface area contributed by atoms with Crippen molar-refractivity contribution in [2.45, 2.75) is 265 Å². The molecule has 5 amide bonds. The highest BCUT2D eigenvalue weighted by Gasteiger charge is 2.33. The molecule has 0 saturated heterocycles. The molecule has 0 rings (SSSR count). The lowest BCUT2D eigenvalue weighted by Gasteiger charge is -2.29. The lowest BCUT2D eigenvalue weighted by molar-refractivity contribution is -0.146. The molecule has 0 aliphatic heterocycles. The van der Waals surface area contributed by atoms with Gasteiger partial charge in [0.1, 0.15) is 47.0 Å². The summed E-state index contributed by atoms with van der Waals surface area (Å²) in [6.45, 7) is 45.3. The van der Waals surface area contributed by atoms with Crippen LogP contribution in [0.2, 0.25) is 0 Å². The number of amides is 5. The molecular weight excluding hydrogens is 1110 g/mol. The molecule has 0 bridgehead atoms. The van der Waals surface area contributed by atoms with Gasteiger partial charge in [0.05, 0.1) is 27.4 Å². The second-order valence-corrected chi connectivity index (χ2v) is 27.4. The number of carboxylic acid groups (broad SMARTS) is 1. The number of halogens is 2. The predicted molar refractivity (Wildman–Crippen MR) is 327 cm³/mol. The highest BCUT2D eigenvalue weighted by molar-refractivity contribution is 5.90. The van der Waals surface area contributed by atoms with Gasteiger partial charge in [0.15, 0.2) is 0 Å². The molecular formula is C58H116Cl2N6O16. The molecule has 0 aromatic rings. The standard InChI is InChI=1S/C19H36N2O5.C14H28N2O3.2C12H23NO4.CH4.2ClH/c1-12(2)10-13(16(23)25-9)20-15(22)14(11-18(3,4)5)21-17(24)26-19(6,7)8;1-9(2)7-11(13(18)19-6)16-12(17)10(15)8-14(3,4)5;1-11(2,3)7-8(9(14)15)13-10(16)17-12(4,5)6;1-8(2)7-9(10(14)16-6)13-11(15)17-12(3,4)5;;;/h12-14H,10-11H2,1-9H3,(H,20,22)(H,21,24);9-11H,7-8,15H2,1-6H3,(H,16,17);8H,7H2,1-6H3,(H,13,16)(H,14,15);8-9H,7H2,1-6H3,(H,13,15);1H4;2*1H/t13-,14-;10-,11-;8-;9-;;;/m0000.../s1. The first-order valence-corrected chi connectivity index (χ1v) is 27.1. The van der Waals surface area contributed by atoms with Crippen molar-refractivity contribution in [1.29, 1.82) is 0 Å². The fraction of sp³-hybridized carbons (Fsp3) is 0.845. The maximum absolute atomic E-state index is 12.7. The molecule has 82 heavy (non-hydrogen) atoms. The van der Waals surface area contributed by atoms with Crippen molar-refractivity contribution < 1.29 is 76.7 Å². The minimum atomic E-state index is -1.05. The Labute approximate surface area is 506 Å². The van der Waals surface area contributed by atoms with Crippen LogP contribution in [0.1, 0.15) is 212 Å². The fourth-order valence-electron chi connectivity index (χ4n) is 6.77. The molecule has 488 valence electrons. The number of carboxylic acids is 1. The third-order valence-corrected chi connectivity index (χ3v) is 9.70. The summed E-state index contributed by atoms with van der Waals surface area (Å²) in [4.78, 5) is 106. The summed E-state index contributed by atoms with van der Waals surface area (Å²) in [5.74, 6) is -2.41. The maximum Gasteiger partial charge on any atom is 0.408 e. The topological polar surface area (TPSA) is 315 Å². The highest BCUT2D eigenvalue weighted by Crippen LogP contribution is 2.24. The summed E-state index contributed by atoms with van der Waals surface area (Å²) >= 11 is 0. The molecule has 0 aromatic carbocycles. The Bertz CT molecular complexity index is 1870. The Kier molecular flexibility index (Phi) is 45.7. The number of hydrogen-bond acceptors (Lipinski definition) is 16. The molecule has 0 radical (unpaired) electrons. The average molecular weight is 1220 g/mol. The second kappa shape index (κ2) is 41.2. The van der Waals surface area contributed by atoms with Gasteiger partial charge in [0.25, 0.3) is 0 Å². The van der Waals surface area contributed by atoms with Crippen molar-refractivity contribution in [3.05, 3.63) is 0 Å². The largest absolute Gasteiger partial charge is 0.480 e. The van der Waals surface area contributed by atoms with Crippen LogP contribution in [-0.4, -0.2) is 133 Å². The van der Waals surface area contributed by atoms with Gasteiger partial charge < -0.3 is 65.8 Å².